The van der Waals surface area contributed by atoms with Gasteiger partial charge in [0.2, 0.25) is 5.78 Å². The topological polar surface area (TPSA) is 46.5 Å². The van der Waals surface area contributed by atoms with Crippen LogP contribution in [0.1, 0.15) is 80.1 Å². The molecule has 33 heavy (non-hydrogen) atoms. The number of ketones is 1. The van der Waals surface area contributed by atoms with E-state index in [1.54, 1.807) is 0 Å². The van der Waals surface area contributed by atoms with E-state index in [1.165, 1.54) is 0 Å². The summed E-state index contributed by atoms with van der Waals surface area (Å²) in [5.41, 5.74) is 3.83. The van der Waals surface area contributed by atoms with Gasteiger partial charge in [0.15, 0.2) is 6.10 Å². The summed E-state index contributed by atoms with van der Waals surface area (Å²) < 4.78 is 7.14. The van der Waals surface area contributed by atoms with Gasteiger partial charge in [-0.15, -0.1) is 0 Å². The van der Waals surface area contributed by atoms with Crippen molar-refractivity contribution < 1.29 is 14.6 Å². The number of rotatable bonds is 3. The molecule has 4 heteroatoms. The van der Waals surface area contributed by atoms with Gasteiger partial charge in [-0.3, -0.25) is 4.79 Å². The number of phenolic OH excluding ortho intramolecular Hbond substituents is 1. The average molecular weight is 507 g/mol. The molecule has 0 unspecified atom stereocenters. The molecule has 0 saturated carbocycles. The molecule has 3 nitrogen and oxygen atoms in total. The maximum atomic E-state index is 13.7. The highest BCUT2D eigenvalue weighted by atomic mass is 79.9. The Bertz CT molecular complexity index is 1180. The number of fused-ring (bicyclic) bond motifs is 1. The first-order valence-corrected chi connectivity index (χ1v) is 12.1. The first kappa shape index (κ1) is 23.6. The Balaban J connectivity index is 1.93. The smallest absolute Gasteiger partial charge is 0.204 e. The maximum Gasteiger partial charge on any atom is 0.204 e. The molecule has 1 aliphatic heterocycles. The molecule has 3 aromatic rings. The molecule has 172 valence electrons. The Morgan fingerprint density at radius 3 is 2.06 bits per heavy atom. The van der Waals surface area contributed by atoms with E-state index in [0.717, 1.165) is 32.5 Å². The number of benzene rings is 3. The molecule has 0 saturated heterocycles. The van der Waals surface area contributed by atoms with Crippen molar-refractivity contribution in [1.29, 1.82) is 0 Å². The van der Waals surface area contributed by atoms with Crippen molar-refractivity contribution in [2.45, 2.75) is 64.4 Å². The zero-order valence-corrected chi connectivity index (χ0v) is 21.7. The molecule has 2 atom stereocenters. The minimum absolute atomic E-state index is 0.0554. The number of para-hydroxylation sites is 1. The third kappa shape index (κ3) is 4.46. The summed E-state index contributed by atoms with van der Waals surface area (Å²) in [5, 5.41) is 11.2. The van der Waals surface area contributed by atoms with Crippen LogP contribution < -0.4 is 4.74 Å². The van der Waals surface area contributed by atoms with E-state index in [1.807, 2.05) is 48.5 Å². The number of Topliss-reactive ketones (excluding diaryl/α,β-unsaturated/α-hetero) is 1. The lowest BCUT2D eigenvalue weighted by Gasteiger charge is -2.30. The lowest BCUT2D eigenvalue weighted by atomic mass is 9.75. The van der Waals surface area contributed by atoms with Gasteiger partial charge in [-0.1, -0.05) is 99.9 Å². The first-order chi connectivity index (χ1) is 15.4. The van der Waals surface area contributed by atoms with Crippen LogP contribution in [-0.4, -0.2) is 17.0 Å². The number of carbonyl (C=O) groups excluding carboxylic acids is 1. The van der Waals surface area contributed by atoms with Crippen LogP contribution in [0.3, 0.4) is 0 Å². The van der Waals surface area contributed by atoms with Crippen LogP contribution in [0.2, 0.25) is 0 Å². The van der Waals surface area contributed by atoms with Crippen molar-refractivity contribution in [2.75, 3.05) is 0 Å². The van der Waals surface area contributed by atoms with Gasteiger partial charge in [-0.05, 0) is 45.7 Å². The predicted molar refractivity (Wildman–Crippen MR) is 137 cm³/mol. The molecule has 0 amide bonds. The third-order valence-electron chi connectivity index (χ3n) is 6.29. The molecule has 1 N–H and O–H groups in total. The normalized spacial score (nSPS) is 18.0. The summed E-state index contributed by atoms with van der Waals surface area (Å²) in [7, 11) is 0. The molecule has 0 radical (unpaired) electrons. The summed E-state index contributed by atoms with van der Waals surface area (Å²) in [6, 6.07) is 19.4. The number of ether oxygens (including phenoxy) is 1. The van der Waals surface area contributed by atoms with Crippen LogP contribution in [0.5, 0.6) is 11.5 Å². The van der Waals surface area contributed by atoms with Crippen LogP contribution in [-0.2, 0) is 10.8 Å². The van der Waals surface area contributed by atoms with Gasteiger partial charge in [0.25, 0.3) is 0 Å². The predicted octanol–water partition coefficient (Wildman–Crippen LogP) is 7.53. The van der Waals surface area contributed by atoms with E-state index < -0.39 is 6.10 Å². The van der Waals surface area contributed by atoms with Crippen molar-refractivity contribution in [2.24, 2.45) is 0 Å². The monoisotopic (exact) mass is 506 g/mol. The molecule has 4 rings (SSSR count). The third-order valence-corrected chi connectivity index (χ3v) is 6.78. The van der Waals surface area contributed by atoms with Gasteiger partial charge >= 0.3 is 0 Å². The van der Waals surface area contributed by atoms with Crippen molar-refractivity contribution in [3.05, 3.63) is 93.0 Å². The summed E-state index contributed by atoms with van der Waals surface area (Å²) in [6.45, 7) is 12.6. The second kappa shape index (κ2) is 8.32. The number of hydrogen-bond donors (Lipinski definition) is 1. The van der Waals surface area contributed by atoms with Gasteiger partial charge in [-0.25, -0.2) is 0 Å². The van der Waals surface area contributed by atoms with Crippen molar-refractivity contribution in [1.82, 2.24) is 0 Å². The highest BCUT2D eigenvalue weighted by Gasteiger charge is 2.42. The maximum absolute atomic E-state index is 13.7. The fraction of sp³-hybridized carbons (Fsp3) is 0.345. The number of phenols is 1. The molecule has 0 bridgehead atoms. The van der Waals surface area contributed by atoms with Crippen molar-refractivity contribution in [3.8, 4) is 11.5 Å². The minimum atomic E-state index is -0.679. The Morgan fingerprint density at radius 1 is 0.879 bits per heavy atom. The van der Waals surface area contributed by atoms with Crippen LogP contribution in [0.25, 0.3) is 0 Å². The molecule has 0 fully saturated rings. The van der Waals surface area contributed by atoms with E-state index >= 15 is 0 Å². The Morgan fingerprint density at radius 2 is 1.48 bits per heavy atom. The van der Waals surface area contributed by atoms with Gasteiger partial charge in [0.05, 0.1) is 5.92 Å². The fourth-order valence-corrected chi connectivity index (χ4v) is 4.96. The summed E-state index contributed by atoms with van der Waals surface area (Å²) in [5.74, 6) is 0.745. The number of halogens is 1. The van der Waals surface area contributed by atoms with Gasteiger partial charge in [0.1, 0.15) is 11.5 Å². The summed E-state index contributed by atoms with van der Waals surface area (Å²) >= 11 is 3.48. The molecule has 0 aromatic heterocycles. The zero-order valence-electron chi connectivity index (χ0n) is 20.1. The Labute approximate surface area is 204 Å². The highest BCUT2D eigenvalue weighted by molar-refractivity contribution is 9.10. The molecule has 0 aliphatic carbocycles. The van der Waals surface area contributed by atoms with E-state index in [-0.39, 0.29) is 22.5 Å². The van der Waals surface area contributed by atoms with Gasteiger partial charge in [0, 0.05) is 15.6 Å². The standard InChI is InChI=1S/C29H31BrO3/c1-28(2,3)21-15-18(16-22(26(21)32)29(4,5)6)24-20-12-7-8-13-23(20)33-27(24)25(31)17-10-9-11-19(30)14-17/h7-16,24,27,32H,1-6H3/t24-,27-/m0/s1. The van der Waals surface area contributed by atoms with Crippen molar-refractivity contribution in [3.63, 3.8) is 0 Å². The molecule has 1 aliphatic rings. The van der Waals surface area contributed by atoms with Crippen LogP contribution >= 0.6 is 15.9 Å². The van der Waals surface area contributed by atoms with E-state index in [0.29, 0.717) is 11.3 Å². The van der Waals surface area contributed by atoms with E-state index in [2.05, 4.69) is 69.6 Å². The second-order valence-corrected chi connectivity index (χ2v) is 11.8. The lowest BCUT2D eigenvalue weighted by molar-refractivity contribution is 0.0806. The van der Waals surface area contributed by atoms with Crippen molar-refractivity contribution >= 4 is 21.7 Å². The van der Waals surface area contributed by atoms with Crippen LogP contribution in [0.4, 0.5) is 0 Å². The Kier molecular flexibility index (Phi) is 5.94. The number of hydrogen-bond acceptors (Lipinski definition) is 3. The fourth-order valence-electron chi connectivity index (χ4n) is 4.56. The molecule has 1 heterocycles. The Hall–Kier alpha value is -2.59. The summed E-state index contributed by atoms with van der Waals surface area (Å²) in [4.78, 5) is 13.7. The first-order valence-electron chi connectivity index (χ1n) is 11.3. The SMILES string of the molecule is CC(C)(C)c1cc([C@H]2c3ccccc3O[C@@H]2C(=O)c2cccc(Br)c2)cc(C(C)(C)C)c1O. The highest BCUT2D eigenvalue weighted by Crippen LogP contribution is 2.47. The molecular formula is C29H31BrO3. The van der Waals surface area contributed by atoms with Gasteiger partial charge < -0.3 is 9.84 Å². The zero-order chi connectivity index (χ0) is 24.1. The number of aromatic hydroxyl groups is 1. The molecule has 0 spiro atoms. The minimum Gasteiger partial charge on any atom is -0.507 e. The summed E-state index contributed by atoms with van der Waals surface area (Å²) in [6.07, 6.45) is -0.679. The largest absolute Gasteiger partial charge is 0.507 e. The van der Waals surface area contributed by atoms with E-state index in [4.69, 9.17) is 4.74 Å². The van der Waals surface area contributed by atoms with E-state index in [9.17, 15) is 9.90 Å². The average Bonchev–Trinajstić information content (AvgIpc) is 3.11. The van der Waals surface area contributed by atoms with Crippen LogP contribution in [0, 0.1) is 0 Å². The number of carbonyl (C=O) groups is 1. The van der Waals surface area contributed by atoms with Crippen LogP contribution in [0.15, 0.2) is 65.1 Å². The molecular weight excluding hydrogens is 476 g/mol. The quantitative estimate of drug-likeness (QED) is 0.373. The lowest BCUT2D eigenvalue weighted by Crippen LogP contribution is -2.30. The second-order valence-electron chi connectivity index (χ2n) is 10.9. The molecule has 3 aromatic carbocycles. The van der Waals surface area contributed by atoms with Gasteiger partial charge in [-0.2, -0.15) is 0 Å².